The van der Waals surface area contributed by atoms with Gasteiger partial charge in [-0.1, -0.05) is 48.5 Å². The maximum atomic E-state index is 12.9. The van der Waals surface area contributed by atoms with Crippen molar-refractivity contribution in [1.82, 2.24) is 14.5 Å². The van der Waals surface area contributed by atoms with Gasteiger partial charge in [0.25, 0.3) is 5.91 Å². The number of hydrogen-bond donors (Lipinski definition) is 1. The van der Waals surface area contributed by atoms with Crippen LogP contribution in [0.4, 0.5) is 0 Å². The number of nitrogens with zero attached hydrogens (tertiary/aromatic N) is 2. The van der Waals surface area contributed by atoms with E-state index in [1.807, 2.05) is 37.3 Å². The first-order chi connectivity index (χ1) is 17.9. The van der Waals surface area contributed by atoms with E-state index in [4.69, 9.17) is 0 Å². The number of fused-ring (bicyclic) bond motifs is 1. The summed E-state index contributed by atoms with van der Waals surface area (Å²) >= 11 is 0. The van der Waals surface area contributed by atoms with Crippen molar-refractivity contribution in [3.8, 4) is 0 Å². The minimum absolute atomic E-state index is 0.0529. The number of piperazine rings is 1. The molecule has 1 aliphatic heterocycles. The van der Waals surface area contributed by atoms with E-state index >= 15 is 0 Å². The second-order valence-electron chi connectivity index (χ2n) is 10.1. The third kappa shape index (κ3) is 5.95. The van der Waals surface area contributed by atoms with E-state index in [-0.39, 0.29) is 11.9 Å². The van der Waals surface area contributed by atoms with Crippen molar-refractivity contribution in [3.05, 3.63) is 101 Å². The lowest BCUT2D eigenvalue weighted by Crippen LogP contribution is -2.48. The molecule has 1 saturated heterocycles. The molecule has 1 heterocycles. The second-order valence-corrected chi connectivity index (χ2v) is 12.1. The summed E-state index contributed by atoms with van der Waals surface area (Å²) in [6.45, 7) is 5.05. The number of sulfonamides is 1. The molecule has 7 heteroatoms. The quantitative estimate of drug-likeness (QED) is 0.499. The van der Waals surface area contributed by atoms with Gasteiger partial charge in [0.05, 0.1) is 10.9 Å². The van der Waals surface area contributed by atoms with Gasteiger partial charge in [-0.3, -0.25) is 9.69 Å². The van der Waals surface area contributed by atoms with E-state index in [9.17, 15) is 13.2 Å². The van der Waals surface area contributed by atoms with Gasteiger partial charge in [-0.05, 0) is 79.1 Å². The van der Waals surface area contributed by atoms with Gasteiger partial charge in [-0.25, -0.2) is 8.42 Å². The molecule has 3 aromatic carbocycles. The monoisotopic (exact) mass is 517 g/mol. The SMILES string of the molecule is C[C@@H](NC(=O)c1ccc(CN2CCN(S(=O)(=O)c3ccccc3)CC2)cc1)c1ccc2c(c1)CCCC2. The summed E-state index contributed by atoms with van der Waals surface area (Å²) in [6.07, 6.45) is 4.79. The summed E-state index contributed by atoms with van der Waals surface area (Å²) < 4.78 is 27.3. The highest BCUT2D eigenvalue weighted by molar-refractivity contribution is 7.89. The molecule has 0 radical (unpaired) electrons. The highest BCUT2D eigenvalue weighted by Crippen LogP contribution is 2.25. The van der Waals surface area contributed by atoms with Crippen molar-refractivity contribution in [1.29, 1.82) is 0 Å². The Morgan fingerprint density at radius 1 is 0.865 bits per heavy atom. The van der Waals surface area contributed by atoms with Crippen LogP contribution in [-0.4, -0.2) is 49.7 Å². The molecule has 0 aromatic heterocycles. The van der Waals surface area contributed by atoms with Gasteiger partial charge >= 0.3 is 0 Å². The normalized spacial score (nSPS) is 17.6. The molecule has 3 aromatic rings. The lowest BCUT2D eigenvalue weighted by molar-refractivity contribution is 0.0940. The lowest BCUT2D eigenvalue weighted by atomic mass is 9.89. The molecule has 1 N–H and O–H groups in total. The number of hydrogen-bond acceptors (Lipinski definition) is 4. The van der Waals surface area contributed by atoms with Crippen LogP contribution in [0.15, 0.2) is 77.7 Å². The van der Waals surface area contributed by atoms with Crippen molar-refractivity contribution in [3.63, 3.8) is 0 Å². The molecule has 1 fully saturated rings. The number of benzene rings is 3. The van der Waals surface area contributed by atoms with E-state index in [0.717, 1.165) is 30.5 Å². The number of nitrogens with one attached hydrogen (secondary N) is 1. The zero-order valence-electron chi connectivity index (χ0n) is 21.4. The number of carbonyl (C=O) groups excluding carboxylic acids is 1. The first-order valence-corrected chi connectivity index (χ1v) is 14.6. The van der Waals surface area contributed by atoms with Crippen LogP contribution in [0.3, 0.4) is 0 Å². The fourth-order valence-electron chi connectivity index (χ4n) is 5.28. The van der Waals surface area contributed by atoms with Gasteiger partial charge in [0.2, 0.25) is 10.0 Å². The number of aryl methyl sites for hydroxylation is 2. The summed E-state index contributed by atoms with van der Waals surface area (Å²) in [4.78, 5) is 15.5. The topological polar surface area (TPSA) is 69.7 Å². The highest BCUT2D eigenvalue weighted by atomic mass is 32.2. The predicted octanol–water partition coefficient (Wildman–Crippen LogP) is 4.56. The molecular weight excluding hydrogens is 482 g/mol. The molecule has 194 valence electrons. The number of rotatable bonds is 7. The Kier molecular flexibility index (Phi) is 7.74. The van der Waals surface area contributed by atoms with Gasteiger partial charge in [0.15, 0.2) is 0 Å². The Morgan fingerprint density at radius 3 is 2.24 bits per heavy atom. The van der Waals surface area contributed by atoms with Crippen LogP contribution in [0.2, 0.25) is 0 Å². The molecule has 2 aliphatic rings. The fraction of sp³-hybridized carbons (Fsp3) is 0.367. The highest BCUT2D eigenvalue weighted by Gasteiger charge is 2.28. The Labute approximate surface area is 220 Å². The molecule has 0 bridgehead atoms. The molecule has 1 atom stereocenters. The van der Waals surface area contributed by atoms with Crippen LogP contribution in [-0.2, 0) is 29.4 Å². The van der Waals surface area contributed by atoms with Gasteiger partial charge in [-0.2, -0.15) is 4.31 Å². The summed E-state index contributed by atoms with van der Waals surface area (Å²) in [5.74, 6) is -0.0727. The standard InChI is InChI=1S/C30H35N3O3S/c1-23(27-16-15-25-7-5-6-8-28(25)21-27)31-30(34)26-13-11-24(12-14-26)22-32-17-19-33(20-18-32)37(35,36)29-9-3-2-4-10-29/h2-4,9-16,21,23H,5-8,17-20,22H2,1H3,(H,31,34)/t23-/m1/s1. The van der Waals surface area contributed by atoms with Gasteiger partial charge in [-0.15, -0.1) is 0 Å². The first kappa shape index (κ1) is 25.6. The average Bonchev–Trinajstić information content (AvgIpc) is 2.94. The fourth-order valence-corrected chi connectivity index (χ4v) is 6.72. The number of carbonyl (C=O) groups is 1. The Bertz CT molecular complexity index is 1330. The first-order valence-electron chi connectivity index (χ1n) is 13.2. The van der Waals surface area contributed by atoms with Crippen LogP contribution in [0.1, 0.15) is 58.4 Å². The predicted molar refractivity (Wildman–Crippen MR) is 146 cm³/mol. The van der Waals surface area contributed by atoms with E-state index in [0.29, 0.717) is 36.6 Å². The molecule has 0 spiro atoms. The summed E-state index contributed by atoms with van der Waals surface area (Å²) in [6, 6.07) is 22.9. The van der Waals surface area contributed by atoms with Crippen molar-refractivity contribution >= 4 is 15.9 Å². The zero-order valence-corrected chi connectivity index (χ0v) is 22.2. The Morgan fingerprint density at radius 2 is 1.54 bits per heavy atom. The molecule has 0 saturated carbocycles. The molecular formula is C30H35N3O3S. The van der Waals surface area contributed by atoms with E-state index in [2.05, 4.69) is 28.4 Å². The second kappa shape index (κ2) is 11.2. The molecule has 37 heavy (non-hydrogen) atoms. The third-order valence-electron chi connectivity index (χ3n) is 7.55. The van der Waals surface area contributed by atoms with Crippen molar-refractivity contribution in [2.45, 2.75) is 50.1 Å². The lowest BCUT2D eigenvalue weighted by Gasteiger charge is -2.34. The Balaban J connectivity index is 1.13. The van der Waals surface area contributed by atoms with Crippen LogP contribution in [0.5, 0.6) is 0 Å². The Hall–Kier alpha value is -3.00. The third-order valence-corrected chi connectivity index (χ3v) is 9.47. The molecule has 5 rings (SSSR count). The average molecular weight is 518 g/mol. The summed E-state index contributed by atoms with van der Waals surface area (Å²) in [7, 11) is -3.45. The van der Waals surface area contributed by atoms with Gasteiger partial charge < -0.3 is 5.32 Å². The molecule has 6 nitrogen and oxygen atoms in total. The van der Waals surface area contributed by atoms with Crippen LogP contribution in [0, 0.1) is 0 Å². The molecule has 1 amide bonds. The smallest absolute Gasteiger partial charge is 0.251 e. The zero-order chi connectivity index (χ0) is 25.8. The summed E-state index contributed by atoms with van der Waals surface area (Å²) in [5.41, 5.74) is 5.78. The van der Waals surface area contributed by atoms with Crippen molar-refractivity contribution in [2.24, 2.45) is 0 Å². The minimum atomic E-state index is -3.45. The van der Waals surface area contributed by atoms with Gasteiger partial charge in [0, 0.05) is 38.3 Å². The number of amides is 1. The maximum absolute atomic E-state index is 12.9. The van der Waals surface area contributed by atoms with Crippen LogP contribution in [0.25, 0.3) is 0 Å². The van der Waals surface area contributed by atoms with Crippen molar-refractivity contribution in [2.75, 3.05) is 26.2 Å². The van der Waals surface area contributed by atoms with E-state index in [1.54, 1.807) is 28.6 Å². The molecule has 1 aliphatic carbocycles. The summed E-state index contributed by atoms with van der Waals surface area (Å²) in [5, 5.41) is 3.14. The van der Waals surface area contributed by atoms with Crippen LogP contribution >= 0.6 is 0 Å². The maximum Gasteiger partial charge on any atom is 0.251 e. The van der Waals surface area contributed by atoms with E-state index < -0.39 is 10.0 Å². The van der Waals surface area contributed by atoms with Crippen LogP contribution < -0.4 is 5.32 Å². The largest absolute Gasteiger partial charge is 0.346 e. The van der Waals surface area contributed by atoms with Gasteiger partial charge in [0.1, 0.15) is 0 Å². The van der Waals surface area contributed by atoms with E-state index in [1.165, 1.54) is 24.0 Å². The minimum Gasteiger partial charge on any atom is -0.346 e. The molecule has 0 unspecified atom stereocenters. The van der Waals surface area contributed by atoms with Crippen molar-refractivity contribution < 1.29 is 13.2 Å².